The van der Waals surface area contributed by atoms with Gasteiger partial charge in [-0.15, -0.1) is 5.10 Å². The van der Waals surface area contributed by atoms with E-state index in [9.17, 15) is 4.79 Å². The molecule has 0 saturated carbocycles. The van der Waals surface area contributed by atoms with Crippen LogP contribution in [-0.4, -0.2) is 58.9 Å². The number of carbonyl (C=O) groups excluding carboxylic acids is 1. The number of likely N-dealkylation sites (N-methyl/N-ethyl adjacent to an activating group) is 1. The Balaban J connectivity index is 2.03. The molecule has 3 rings (SSSR count). The number of methoxy groups -OCH3 is 1. The Morgan fingerprint density at radius 1 is 1.21 bits per heavy atom. The highest BCUT2D eigenvalue weighted by molar-refractivity contribution is 7.22. The molecule has 8 heteroatoms. The van der Waals surface area contributed by atoms with Crippen molar-refractivity contribution in [3.05, 3.63) is 35.0 Å². The minimum Gasteiger partial charge on any atom is -0.479 e. The maximum absolute atomic E-state index is 13.5. The third-order valence-corrected chi connectivity index (χ3v) is 6.27. The maximum Gasteiger partial charge on any atom is 0.267 e. The summed E-state index contributed by atoms with van der Waals surface area (Å²) in [6.07, 6.45) is 1.70. The first-order valence-electron chi connectivity index (χ1n) is 9.87. The van der Waals surface area contributed by atoms with E-state index in [0.29, 0.717) is 23.1 Å². The Labute approximate surface area is 175 Å². The van der Waals surface area contributed by atoms with Crippen molar-refractivity contribution in [1.82, 2.24) is 19.7 Å². The zero-order chi connectivity index (χ0) is 21.1. The second kappa shape index (κ2) is 8.92. The molecule has 0 fully saturated rings. The molecule has 0 N–H and O–H groups in total. The molecule has 1 aromatic carbocycles. The number of fused-ring (bicyclic) bond motifs is 1. The van der Waals surface area contributed by atoms with Gasteiger partial charge < -0.3 is 9.64 Å². The van der Waals surface area contributed by atoms with Crippen LogP contribution in [0.1, 0.15) is 35.3 Å². The predicted molar refractivity (Wildman–Crippen MR) is 118 cm³/mol. The van der Waals surface area contributed by atoms with Gasteiger partial charge in [0.25, 0.3) is 5.91 Å². The standard InChI is InChI=1S/C21H29N5O2S/c1-7-25(8-2)9-10-26(20(27)16-13-24(5)23-19(16)28-6)21-22-17-12-14(3)11-15(4)18(17)29-21/h11-13H,7-10H2,1-6H3. The minimum absolute atomic E-state index is 0.143. The molecule has 0 aliphatic carbocycles. The summed E-state index contributed by atoms with van der Waals surface area (Å²) in [6, 6.07) is 4.22. The number of anilines is 1. The predicted octanol–water partition coefficient (Wildman–Crippen LogP) is 3.64. The molecule has 2 heterocycles. The lowest BCUT2D eigenvalue weighted by Crippen LogP contribution is -2.38. The number of rotatable bonds is 8. The third kappa shape index (κ3) is 4.43. The Bertz CT molecular complexity index is 1010. The lowest BCUT2D eigenvalue weighted by molar-refractivity contribution is 0.0981. The average molecular weight is 416 g/mol. The van der Waals surface area contributed by atoms with Crippen LogP contribution in [0.15, 0.2) is 18.3 Å². The van der Waals surface area contributed by atoms with Crippen molar-refractivity contribution < 1.29 is 9.53 Å². The van der Waals surface area contributed by atoms with Gasteiger partial charge in [0.15, 0.2) is 5.13 Å². The fourth-order valence-electron chi connectivity index (χ4n) is 3.46. The number of hydrogen-bond acceptors (Lipinski definition) is 6. The highest BCUT2D eigenvalue weighted by Gasteiger charge is 2.26. The molecule has 3 aromatic rings. The molecule has 29 heavy (non-hydrogen) atoms. The van der Waals surface area contributed by atoms with E-state index < -0.39 is 0 Å². The van der Waals surface area contributed by atoms with E-state index in [-0.39, 0.29) is 5.91 Å². The van der Waals surface area contributed by atoms with E-state index in [1.54, 1.807) is 34.2 Å². The van der Waals surface area contributed by atoms with Crippen molar-refractivity contribution in [2.24, 2.45) is 7.05 Å². The molecule has 0 atom stereocenters. The average Bonchev–Trinajstić information content (AvgIpc) is 3.28. The molecule has 1 amide bonds. The van der Waals surface area contributed by atoms with Crippen molar-refractivity contribution in [3.8, 4) is 5.88 Å². The van der Waals surface area contributed by atoms with Crippen LogP contribution in [0.25, 0.3) is 10.2 Å². The zero-order valence-electron chi connectivity index (χ0n) is 18.0. The van der Waals surface area contributed by atoms with E-state index in [0.717, 1.165) is 29.9 Å². The Kier molecular flexibility index (Phi) is 6.54. The molecule has 7 nitrogen and oxygen atoms in total. The van der Waals surface area contributed by atoms with E-state index in [2.05, 4.69) is 49.8 Å². The summed E-state index contributed by atoms with van der Waals surface area (Å²) >= 11 is 1.56. The van der Waals surface area contributed by atoms with Crippen molar-refractivity contribution in [1.29, 1.82) is 0 Å². The van der Waals surface area contributed by atoms with E-state index >= 15 is 0 Å². The molecular formula is C21H29N5O2S. The number of amides is 1. The third-order valence-electron chi connectivity index (χ3n) is 5.04. The summed E-state index contributed by atoms with van der Waals surface area (Å²) < 4.78 is 8.04. The number of ether oxygens (including phenoxy) is 1. The van der Waals surface area contributed by atoms with Crippen molar-refractivity contribution in [2.45, 2.75) is 27.7 Å². The quantitative estimate of drug-likeness (QED) is 0.562. The fourth-order valence-corrected chi connectivity index (χ4v) is 4.50. The molecule has 0 aliphatic heterocycles. The summed E-state index contributed by atoms with van der Waals surface area (Å²) in [7, 11) is 3.31. The van der Waals surface area contributed by atoms with Crippen molar-refractivity contribution >= 4 is 32.6 Å². The molecular weight excluding hydrogens is 386 g/mol. The van der Waals surface area contributed by atoms with Gasteiger partial charge in [0.1, 0.15) is 5.56 Å². The first-order chi connectivity index (χ1) is 13.9. The Morgan fingerprint density at radius 3 is 2.59 bits per heavy atom. The monoisotopic (exact) mass is 415 g/mol. The highest BCUT2D eigenvalue weighted by atomic mass is 32.1. The van der Waals surface area contributed by atoms with Gasteiger partial charge in [-0.25, -0.2) is 4.98 Å². The van der Waals surface area contributed by atoms with Crippen LogP contribution in [0, 0.1) is 13.8 Å². The van der Waals surface area contributed by atoms with Crippen LogP contribution < -0.4 is 9.64 Å². The van der Waals surface area contributed by atoms with Crippen LogP contribution >= 0.6 is 11.3 Å². The van der Waals surface area contributed by atoms with Gasteiger partial charge in [0.2, 0.25) is 5.88 Å². The largest absolute Gasteiger partial charge is 0.479 e. The summed E-state index contributed by atoms with van der Waals surface area (Å²) in [6.45, 7) is 11.6. The number of aromatic nitrogens is 3. The summed E-state index contributed by atoms with van der Waals surface area (Å²) in [5.74, 6) is 0.189. The minimum atomic E-state index is -0.143. The Morgan fingerprint density at radius 2 is 1.93 bits per heavy atom. The van der Waals surface area contributed by atoms with Crippen LogP contribution in [-0.2, 0) is 7.05 Å². The second-order valence-corrected chi connectivity index (χ2v) is 8.11. The molecule has 0 aliphatic rings. The molecule has 0 spiro atoms. The van der Waals surface area contributed by atoms with Crippen molar-refractivity contribution in [3.63, 3.8) is 0 Å². The lowest BCUT2D eigenvalue weighted by Gasteiger charge is -2.24. The molecule has 0 bridgehead atoms. The second-order valence-electron chi connectivity index (χ2n) is 7.14. The van der Waals surface area contributed by atoms with Gasteiger partial charge in [-0.05, 0) is 44.1 Å². The first-order valence-corrected chi connectivity index (χ1v) is 10.7. The van der Waals surface area contributed by atoms with Gasteiger partial charge in [-0.2, -0.15) is 0 Å². The van der Waals surface area contributed by atoms with E-state index in [1.165, 1.54) is 18.2 Å². The number of carbonyl (C=O) groups is 1. The normalized spacial score (nSPS) is 11.4. The molecule has 156 valence electrons. The lowest BCUT2D eigenvalue weighted by atomic mass is 10.1. The number of benzene rings is 1. The highest BCUT2D eigenvalue weighted by Crippen LogP contribution is 2.33. The van der Waals surface area contributed by atoms with E-state index in [1.807, 2.05) is 0 Å². The van der Waals surface area contributed by atoms with Gasteiger partial charge in [-0.1, -0.05) is 31.3 Å². The SMILES string of the molecule is CCN(CC)CCN(C(=O)c1cn(C)nc1OC)c1nc2cc(C)cc(C)c2s1. The number of hydrogen-bond donors (Lipinski definition) is 0. The molecule has 0 saturated heterocycles. The van der Waals surface area contributed by atoms with Crippen LogP contribution in [0.4, 0.5) is 5.13 Å². The smallest absolute Gasteiger partial charge is 0.267 e. The summed E-state index contributed by atoms with van der Waals surface area (Å²) in [5, 5.41) is 4.95. The van der Waals surface area contributed by atoms with Gasteiger partial charge >= 0.3 is 0 Å². The van der Waals surface area contributed by atoms with Crippen LogP contribution in [0.3, 0.4) is 0 Å². The molecule has 0 radical (unpaired) electrons. The topological polar surface area (TPSA) is 63.5 Å². The molecule has 2 aromatic heterocycles. The first kappa shape index (κ1) is 21.3. The van der Waals surface area contributed by atoms with Gasteiger partial charge in [0.05, 0.1) is 17.3 Å². The van der Waals surface area contributed by atoms with Gasteiger partial charge in [-0.3, -0.25) is 14.4 Å². The number of thiazole rings is 1. The molecule has 0 unspecified atom stereocenters. The number of aryl methyl sites for hydroxylation is 3. The van der Waals surface area contributed by atoms with E-state index in [4.69, 9.17) is 9.72 Å². The maximum atomic E-state index is 13.5. The van der Waals surface area contributed by atoms with Crippen LogP contribution in [0.5, 0.6) is 5.88 Å². The fraction of sp³-hybridized carbons (Fsp3) is 0.476. The van der Waals surface area contributed by atoms with Gasteiger partial charge in [0, 0.05) is 26.3 Å². The van der Waals surface area contributed by atoms with Crippen molar-refractivity contribution in [2.75, 3.05) is 38.2 Å². The summed E-state index contributed by atoms with van der Waals surface area (Å²) in [4.78, 5) is 22.4. The zero-order valence-corrected chi connectivity index (χ0v) is 18.8. The Hall–Kier alpha value is -2.45. The number of nitrogens with zero attached hydrogens (tertiary/aromatic N) is 5. The summed E-state index contributed by atoms with van der Waals surface area (Å²) in [5.41, 5.74) is 3.73. The van der Waals surface area contributed by atoms with Crippen LogP contribution in [0.2, 0.25) is 0 Å².